The van der Waals surface area contributed by atoms with Crippen LogP contribution in [0.3, 0.4) is 0 Å². The van der Waals surface area contributed by atoms with Crippen molar-refractivity contribution >= 4 is 0 Å². The van der Waals surface area contributed by atoms with E-state index >= 15 is 0 Å². The molecule has 0 N–H and O–H groups in total. The molecule has 1 aliphatic rings. The van der Waals surface area contributed by atoms with Crippen LogP contribution in [0.2, 0.25) is 0 Å². The lowest BCUT2D eigenvalue weighted by Crippen LogP contribution is -2.43. The van der Waals surface area contributed by atoms with Gasteiger partial charge in [-0.25, -0.2) is 0 Å². The first-order valence-electron chi connectivity index (χ1n) is 8.86. The molecular weight excluding hydrogens is 288 g/mol. The van der Waals surface area contributed by atoms with Gasteiger partial charge in [0.15, 0.2) is 0 Å². The van der Waals surface area contributed by atoms with Crippen LogP contribution in [0.5, 0.6) is 0 Å². The zero-order chi connectivity index (χ0) is 17.4. The Kier molecular flexibility index (Phi) is 4.25. The zero-order valence-electron chi connectivity index (χ0n) is 15.6. The molecule has 24 heavy (non-hydrogen) atoms. The topological polar surface area (TPSA) is 0 Å². The number of hydrogen-bond acceptors (Lipinski definition) is 0. The Hall–Kier alpha value is -2.08. The molecule has 1 aliphatic carbocycles. The lowest BCUT2D eigenvalue weighted by molar-refractivity contribution is 0.264. The van der Waals surface area contributed by atoms with Crippen molar-refractivity contribution in [1.29, 1.82) is 0 Å². The largest absolute Gasteiger partial charge is 0.0663 e. The first kappa shape index (κ1) is 16.8. The van der Waals surface area contributed by atoms with Crippen LogP contribution in [0.1, 0.15) is 52.2 Å². The maximum Gasteiger partial charge on any atom is 0.0465 e. The minimum atomic E-state index is -0.117. The summed E-state index contributed by atoms with van der Waals surface area (Å²) in [7, 11) is 0. The third-order valence-corrected chi connectivity index (χ3v) is 5.54. The van der Waals surface area contributed by atoms with E-state index in [0.29, 0.717) is 0 Å². The summed E-state index contributed by atoms with van der Waals surface area (Å²) in [5.41, 5.74) is 7.15. The molecule has 0 nitrogen and oxygen atoms in total. The minimum absolute atomic E-state index is 0.0619. The van der Waals surface area contributed by atoms with Crippen LogP contribution in [0, 0.1) is 5.41 Å². The first-order valence-corrected chi connectivity index (χ1v) is 8.86. The summed E-state index contributed by atoms with van der Waals surface area (Å²) >= 11 is 0. The van der Waals surface area contributed by atoms with E-state index in [4.69, 9.17) is 0 Å². The monoisotopic (exact) mass is 316 g/mol. The van der Waals surface area contributed by atoms with Gasteiger partial charge in [0.2, 0.25) is 0 Å². The second kappa shape index (κ2) is 6.09. The van der Waals surface area contributed by atoms with Gasteiger partial charge in [0.1, 0.15) is 0 Å². The Morgan fingerprint density at radius 3 is 1.50 bits per heavy atom. The van der Waals surface area contributed by atoms with Crippen molar-refractivity contribution in [2.45, 2.75) is 46.5 Å². The molecule has 0 unspecified atom stereocenters. The standard InChI is InChI=1S/C24H28/c1-18-16-22(17-19(18)2)24(23(3,4)5,20-12-8-6-9-13-20)21-14-10-7-11-15-21/h6-16H,17H2,1-5H3. The van der Waals surface area contributed by atoms with Crippen LogP contribution >= 0.6 is 0 Å². The molecule has 0 aliphatic heterocycles. The Balaban J connectivity index is 2.34. The van der Waals surface area contributed by atoms with Gasteiger partial charge in [0.25, 0.3) is 0 Å². The number of allylic oxidation sites excluding steroid dienone is 4. The smallest absolute Gasteiger partial charge is 0.0465 e. The molecule has 0 heterocycles. The van der Waals surface area contributed by atoms with E-state index in [1.54, 1.807) is 0 Å². The maximum absolute atomic E-state index is 2.43. The van der Waals surface area contributed by atoms with Crippen molar-refractivity contribution in [2.75, 3.05) is 0 Å². The lowest BCUT2D eigenvalue weighted by Gasteiger charge is -2.48. The SMILES string of the molecule is CC1=C(C)CC(C(c2ccccc2)(c2ccccc2)C(C)(C)C)=C1. The third kappa shape index (κ3) is 2.55. The van der Waals surface area contributed by atoms with Crippen LogP contribution in [0.15, 0.2) is 83.5 Å². The van der Waals surface area contributed by atoms with Gasteiger partial charge in [0.05, 0.1) is 0 Å². The molecule has 0 amide bonds. The average molecular weight is 316 g/mol. The molecule has 0 spiro atoms. The number of hydrogen-bond donors (Lipinski definition) is 0. The van der Waals surface area contributed by atoms with E-state index < -0.39 is 0 Å². The maximum atomic E-state index is 2.43. The third-order valence-electron chi connectivity index (χ3n) is 5.54. The molecule has 0 bridgehead atoms. The molecule has 0 saturated heterocycles. The van der Waals surface area contributed by atoms with Crippen LogP contribution in [0.4, 0.5) is 0 Å². The van der Waals surface area contributed by atoms with Gasteiger partial charge < -0.3 is 0 Å². The molecular formula is C24H28. The highest BCUT2D eigenvalue weighted by atomic mass is 14.5. The normalized spacial score (nSPS) is 15.6. The average Bonchev–Trinajstić information content (AvgIpc) is 2.88. The van der Waals surface area contributed by atoms with Gasteiger partial charge in [-0.3, -0.25) is 0 Å². The molecule has 2 aromatic rings. The van der Waals surface area contributed by atoms with Crippen LogP contribution < -0.4 is 0 Å². The molecule has 0 radical (unpaired) electrons. The van der Waals surface area contributed by atoms with E-state index in [-0.39, 0.29) is 10.8 Å². The van der Waals surface area contributed by atoms with Gasteiger partial charge in [-0.2, -0.15) is 0 Å². The van der Waals surface area contributed by atoms with Crippen molar-refractivity contribution in [2.24, 2.45) is 5.41 Å². The summed E-state index contributed by atoms with van der Waals surface area (Å²) in [6, 6.07) is 22.1. The first-order chi connectivity index (χ1) is 11.4. The summed E-state index contributed by atoms with van der Waals surface area (Å²) in [6.45, 7) is 11.6. The molecule has 3 rings (SSSR count). The van der Waals surface area contributed by atoms with Gasteiger partial charge in [-0.15, -0.1) is 0 Å². The lowest BCUT2D eigenvalue weighted by atomic mass is 9.55. The van der Waals surface area contributed by atoms with E-state index in [9.17, 15) is 0 Å². The molecule has 0 saturated carbocycles. The Morgan fingerprint density at radius 2 is 1.17 bits per heavy atom. The van der Waals surface area contributed by atoms with Gasteiger partial charge >= 0.3 is 0 Å². The predicted molar refractivity (Wildman–Crippen MR) is 104 cm³/mol. The van der Waals surface area contributed by atoms with E-state index in [1.807, 2.05) is 0 Å². The minimum Gasteiger partial charge on any atom is -0.0663 e. The fourth-order valence-electron chi connectivity index (χ4n) is 4.36. The van der Waals surface area contributed by atoms with Crippen molar-refractivity contribution < 1.29 is 0 Å². The van der Waals surface area contributed by atoms with Gasteiger partial charge in [0, 0.05) is 5.41 Å². The van der Waals surface area contributed by atoms with Gasteiger partial charge in [-0.1, -0.05) is 104 Å². The molecule has 0 atom stereocenters. The van der Waals surface area contributed by atoms with Crippen molar-refractivity contribution in [3.63, 3.8) is 0 Å². The van der Waals surface area contributed by atoms with Crippen LogP contribution in [0.25, 0.3) is 0 Å². The summed E-state index contributed by atoms with van der Waals surface area (Å²) in [4.78, 5) is 0. The Labute approximate surface area is 146 Å². The Bertz CT molecular complexity index is 728. The van der Waals surface area contributed by atoms with Gasteiger partial charge in [-0.05, 0) is 36.8 Å². The summed E-state index contributed by atoms with van der Waals surface area (Å²) < 4.78 is 0. The molecule has 0 aromatic heterocycles. The summed E-state index contributed by atoms with van der Waals surface area (Å²) in [5.74, 6) is 0. The van der Waals surface area contributed by atoms with E-state index in [2.05, 4.69) is 101 Å². The summed E-state index contributed by atoms with van der Waals surface area (Å²) in [6.07, 6.45) is 3.49. The predicted octanol–water partition coefficient (Wildman–Crippen LogP) is 6.69. The molecule has 124 valence electrons. The molecule has 0 fully saturated rings. The van der Waals surface area contributed by atoms with Crippen LogP contribution in [-0.4, -0.2) is 0 Å². The number of rotatable bonds is 3. The molecule has 0 heteroatoms. The van der Waals surface area contributed by atoms with Crippen molar-refractivity contribution in [3.8, 4) is 0 Å². The highest BCUT2D eigenvalue weighted by Crippen LogP contribution is 2.55. The van der Waals surface area contributed by atoms with Crippen LogP contribution in [-0.2, 0) is 5.41 Å². The second-order valence-electron chi connectivity index (χ2n) is 8.04. The zero-order valence-corrected chi connectivity index (χ0v) is 15.6. The Morgan fingerprint density at radius 1 is 0.708 bits per heavy atom. The van der Waals surface area contributed by atoms with E-state index in [0.717, 1.165) is 6.42 Å². The fourth-order valence-corrected chi connectivity index (χ4v) is 4.36. The highest BCUT2D eigenvalue weighted by molar-refractivity contribution is 5.56. The second-order valence-corrected chi connectivity index (χ2v) is 8.04. The highest BCUT2D eigenvalue weighted by Gasteiger charge is 2.48. The fraction of sp³-hybridized carbons (Fsp3) is 0.333. The number of benzene rings is 2. The van der Waals surface area contributed by atoms with E-state index in [1.165, 1.54) is 27.8 Å². The quantitative estimate of drug-likeness (QED) is 0.592. The molecule has 2 aromatic carbocycles. The van der Waals surface area contributed by atoms with Crippen molar-refractivity contribution in [3.05, 3.63) is 94.6 Å². The van der Waals surface area contributed by atoms with Crippen molar-refractivity contribution in [1.82, 2.24) is 0 Å². The summed E-state index contributed by atoms with van der Waals surface area (Å²) in [5, 5.41) is 0.